The zero-order valence-corrected chi connectivity index (χ0v) is 23.9. The molecule has 226 valence electrons. The summed E-state index contributed by atoms with van der Waals surface area (Å²) in [6.45, 7) is 3.47. The number of nitrogens with zero attached hydrogens (tertiary/aromatic N) is 6. The van der Waals surface area contributed by atoms with Crippen molar-refractivity contribution in [1.82, 2.24) is 24.8 Å². The number of anilines is 2. The highest BCUT2D eigenvalue weighted by Crippen LogP contribution is 2.35. The number of nitrogens with one attached hydrogen (secondary N) is 1. The molecule has 3 atom stereocenters. The van der Waals surface area contributed by atoms with Crippen LogP contribution in [0.15, 0.2) is 30.3 Å². The maximum atomic E-state index is 14.1. The molecule has 2 bridgehead atoms. The Balaban J connectivity index is 1.47. The highest BCUT2D eigenvalue weighted by atomic mass is 19.4. The lowest BCUT2D eigenvalue weighted by Crippen LogP contribution is -2.48. The SMILES string of the molecule is Cc1ccc2c(c1)C(=O)N1CCCCC1c1cc3nc(N4CCC(N)C4)cc(n3n1)N(C)CCNC(C(F)(F)F)CO2. The molecule has 2 aromatic heterocycles. The van der Waals surface area contributed by atoms with Crippen LogP contribution in [-0.2, 0) is 0 Å². The lowest BCUT2D eigenvalue weighted by molar-refractivity contribution is -0.161. The molecule has 3 unspecified atom stereocenters. The van der Waals surface area contributed by atoms with E-state index in [1.807, 2.05) is 31.0 Å². The van der Waals surface area contributed by atoms with Gasteiger partial charge in [0.1, 0.15) is 30.0 Å². The molecule has 0 radical (unpaired) electrons. The zero-order valence-electron chi connectivity index (χ0n) is 23.9. The molecule has 3 N–H and O–H groups in total. The van der Waals surface area contributed by atoms with Gasteiger partial charge in [-0.3, -0.25) is 4.79 Å². The van der Waals surface area contributed by atoms with E-state index in [9.17, 15) is 18.0 Å². The molecule has 5 heterocycles. The average Bonchev–Trinajstić information content (AvgIpc) is 3.59. The Morgan fingerprint density at radius 3 is 2.69 bits per heavy atom. The second-order valence-corrected chi connectivity index (χ2v) is 11.6. The number of amides is 1. The molecule has 3 aliphatic rings. The van der Waals surface area contributed by atoms with Crippen molar-refractivity contribution in [3.63, 3.8) is 0 Å². The van der Waals surface area contributed by atoms with E-state index in [-0.39, 0.29) is 42.4 Å². The first-order valence-electron chi connectivity index (χ1n) is 14.6. The van der Waals surface area contributed by atoms with Gasteiger partial charge in [-0.1, -0.05) is 11.6 Å². The molecule has 0 spiro atoms. The first-order chi connectivity index (χ1) is 20.1. The maximum Gasteiger partial charge on any atom is 0.407 e. The molecule has 13 heteroatoms. The first-order valence-corrected chi connectivity index (χ1v) is 14.6. The van der Waals surface area contributed by atoms with Gasteiger partial charge in [-0.15, -0.1) is 0 Å². The molecular weight excluding hydrogens is 549 g/mol. The monoisotopic (exact) mass is 586 g/mol. The summed E-state index contributed by atoms with van der Waals surface area (Å²) < 4.78 is 49.6. The summed E-state index contributed by atoms with van der Waals surface area (Å²) in [5.41, 5.74) is 8.60. The number of halogens is 3. The van der Waals surface area contributed by atoms with Gasteiger partial charge in [-0.25, -0.2) is 4.98 Å². The van der Waals surface area contributed by atoms with E-state index in [1.165, 1.54) is 0 Å². The molecule has 42 heavy (non-hydrogen) atoms. The predicted octanol–water partition coefficient (Wildman–Crippen LogP) is 3.29. The summed E-state index contributed by atoms with van der Waals surface area (Å²) in [6, 6.07) is 6.69. The quantitative estimate of drug-likeness (QED) is 0.448. The minimum Gasteiger partial charge on any atom is -0.491 e. The molecule has 1 amide bonds. The van der Waals surface area contributed by atoms with Crippen molar-refractivity contribution in [1.29, 1.82) is 0 Å². The van der Waals surface area contributed by atoms with Crippen LogP contribution in [0.4, 0.5) is 24.8 Å². The van der Waals surface area contributed by atoms with Gasteiger partial charge < -0.3 is 30.5 Å². The first kappa shape index (κ1) is 28.5. The third-order valence-electron chi connectivity index (χ3n) is 8.46. The minimum atomic E-state index is -4.54. The number of carbonyl (C=O) groups excluding carboxylic acids is 1. The van der Waals surface area contributed by atoms with Crippen LogP contribution in [0.2, 0.25) is 0 Å². The van der Waals surface area contributed by atoms with Crippen molar-refractivity contribution in [3.8, 4) is 5.75 Å². The fourth-order valence-electron chi connectivity index (χ4n) is 6.09. The fourth-order valence-corrected chi connectivity index (χ4v) is 6.09. The summed E-state index contributed by atoms with van der Waals surface area (Å²) >= 11 is 0. The molecule has 3 aliphatic heterocycles. The zero-order chi connectivity index (χ0) is 29.6. The lowest BCUT2D eigenvalue weighted by Gasteiger charge is -2.35. The van der Waals surface area contributed by atoms with Crippen LogP contribution in [-0.4, -0.2) is 90.0 Å². The van der Waals surface area contributed by atoms with Gasteiger partial charge in [0.15, 0.2) is 5.65 Å². The molecule has 0 saturated carbocycles. The normalized spacial score (nSPS) is 24.2. The summed E-state index contributed by atoms with van der Waals surface area (Å²) in [6.07, 6.45) is -1.22. The Bertz CT molecular complexity index is 1460. The van der Waals surface area contributed by atoms with Crippen LogP contribution >= 0.6 is 0 Å². The molecule has 3 aromatic rings. The van der Waals surface area contributed by atoms with Crippen LogP contribution in [0.25, 0.3) is 5.65 Å². The lowest BCUT2D eigenvalue weighted by atomic mass is 9.97. The van der Waals surface area contributed by atoms with E-state index in [1.54, 1.807) is 27.6 Å². The number of rotatable bonds is 1. The Hall–Kier alpha value is -3.58. The van der Waals surface area contributed by atoms with Gasteiger partial charge >= 0.3 is 6.18 Å². The summed E-state index contributed by atoms with van der Waals surface area (Å²) in [5, 5.41) is 7.57. The third kappa shape index (κ3) is 5.59. The second kappa shape index (κ2) is 11.3. The third-order valence-corrected chi connectivity index (χ3v) is 8.46. The molecule has 1 aromatic carbocycles. The van der Waals surface area contributed by atoms with E-state index < -0.39 is 18.8 Å². The maximum absolute atomic E-state index is 14.1. The number of piperidine rings is 1. The van der Waals surface area contributed by atoms with Crippen molar-refractivity contribution in [2.45, 2.75) is 56.9 Å². The Morgan fingerprint density at radius 2 is 1.93 bits per heavy atom. The number of aromatic nitrogens is 3. The van der Waals surface area contributed by atoms with Gasteiger partial charge in [-0.05, 0) is 44.7 Å². The second-order valence-electron chi connectivity index (χ2n) is 11.6. The van der Waals surface area contributed by atoms with Gasteiger partial charge in [-0.2, -0.15) is 22.8 Å². The highest BCUT2D eigenvalue weighted by molar-refractivity contribution is 5.97. The summed E-state index contributed by atoms with van der Waals surface area (Å²) in [7, 11) is 1.83. The van der Waals surface area contributed by atoms with Crippen molar-refractivity contribution in [3.05, 3.63) is 47.2 Å². The highest BCUT2D eigenvalue weighted by Gasteiger charge is 2.40. The standard InChI is InChI=1S/C29H37F3N8O2/c1-18-6-7-23-20(13-18)28(41)39-10-4-3-5-22(39)21-14-26-35-25(38-11-8-19(33)16-38)15-27(40(26)36-21)37(2)12-9-34-24(17-42-23)29(30,31)32/h6-7,13-15,19,22,24,34H,3-5,8-12,16-17,33H2,1-2H3. The topological polar surface area (TPSA) is 104 Å². The van der Waals surface area contributed by atoms with E-state index in [4.69, 9.17) is 20.6 Å². The van der Waals surface area contributed by atoms with Gasteiger partial charge in [0, 0.05) is 57.9 Å². The number of benzene rings is 1. The molecule has 2 fully saturated rings. The molecular formula is C29H37F3N8O2. The Morgan fingerprint density at radius 1 is 1.10 bits per heavy atom. The van der Waals surface area contributed by atoms with Gasteiger partial charge in [0.25, 0.3) is 5.91 Å². The number of nitrogens with two attached hydrogens (primary N) is 1. The van der Waals surface area contributed by atoms with E-state index in [0.717, 1.165) is 49.3 Å². The Kier molecular flexibility index (Phi) is 7.64. The van der Waals surface area contributed by atoms with Gasteiger partial charge in [0.05, 0.1) is 17.3 Å². The number of aryl methyl sites for hydroxylation is 1. The van der Waals surface area contributed by atoms with Crippen LogP contribution in [0.5, 0.6) is 5.75 Å². The average molecular weight is 587 g/mol. The molecule has 2 saturated heterocycles. The Labute approximate surface area is 242 Å². The molecule has 6 rings (SSSR count). The van der Waals surface area contributed by atoms with Crippen molar-refractivity contribution in [2.24, 2.45) is 5.73 Å². The van der Waals surface area contributed by atoms with Crippen LogP contribution < -0.4 is 25.6 Å². The van der Waals surface area contributed by atoms with E-state index in [0.29, 0.717) is 24.6 Å². The van der Waals surface area contributed by atoms with Crippen molar-refractivity contribution in [2.75, 3.05) is 56.2 Å². The fraction of sp³-hybridized carbons (Fsp3) is 0.552. The summed E-state index contributed by atoms with van der Waals surface area (Å²) in [5.74, 6) is 1.31. The van der Waals surface area contributed by atoms with Crippen LogP contribution in [0.3, 0.4) is 0 Å². The number of fused-ring (bicyclic) bond motifs is 4. The van der Waals surface area contributed by atoms with Crippen LogP contribution in [0.1, 0.15) is 53.3 Å². The number of hydrogen-bond donors (Lipinski definition) is 2. The molecule has 0 aliphatic carbocycles. The molecule has 10 nitrogen and oxygen atoms in total. The number of likely N-dealkylation sites (N-methyl/N-ethyl adjacent to an activating group) is 1. The number of alkyl halides is 3. The predicted molar refractivity (Wildman–Crippen MR) is 153 cm³/mol. The summed E-state index contributed by atoms with van der Waals surface area (Å²) in [4.78, 5) is 24.8. The van der Waals surface area contributed by atoms with E-state index >= 15 is 0 Å². The largest absolute Gasteiger partial charge is 0.491 e. The number of ether oxygens (including phenoxy) is 1. The van der Waals surface area contributed by atoms with E-state index in [2.05, 4.69) is 10.2 Å². The van der Waals surface area contributed by atoms with Crippen molar-refractivity contribution >= 4 is 23.2 Å². The minimum absolute atomic E-state index is 0.0436. The van der Waals surface area contributed by atoms with Crippen molar-refractivity contribution < 1.29 is 22.7 Å². The van der Waals surface area contributed by atoms with Crippen LogP contribution in [0, 0.1) is 6.92 Å². The number of hydrogen-bond acceptors (Lipinski definition) is 8. The number of carbonyl (C=O) groups is 1. The van der Waals surface area contributed by atoms with Gasteiger partial charge in [0.2, 0.25) is 0 Å². The smallest absolute Gasteiger partial charge is 0.407 e.